The second-order valence-corrected chi connectivity index (χ2v) is 11.1. The van der Waals surface area contributed by atoms with E-state index in [1.54, 1.807) is 0 Å². The molecule has 7 heteroatoms. The summed E-state index contributed by atoms with van der Waals surface area (Å²) in [6.45, 7) is 8.46. The summed E-state index contributed by atoms with van der Waals surface area (Å²) in [6, 6.07) is 16.3. The third-order valence-corrected chi connectivity index (χ3v) is 9.69. The second kappa shape index (κ2) is 9.49. The Hall–Kier alpha value is -1.58. The molecule has 0 fully saturated rings. The SMILES string of the molecule is CCP(=Nc1ccc(C)c(Cl)c1)(c1c(C)nn(-c2ccccc2)c1C)N(C)C.Cl. The second-order valence-electron chi connectivity index (χ2n) is 7.19. The van der Waals surface area contributed by atoms with Crippen LogP contribution in [0, 0.1) is 20.8 Å². The molecule has 1 unspecified atom stereocenters. The third-order valence-electron chi connectivity index (χ3n) is 5.15. The maximum absolute atomic E-state index is 6.38. The van der Waals surface area contributed by atoms with E-state index in [4.69, 9.17) is 21.4 Å². The van der Waals surface area contributed by atoms with Crippen molar-refractivity contribution in [3.63, 3.8) is 0 Å². The monoisotopic (exact) mass is 450 g/mol. The van der Waals surface area contributed by atoms with Crippen molar-refractivity contribution < 1.29 is 0 Å². The lowest BCUT2D eigenvalue weighted by molar-refractivity contribution is 0.673. The van der Waals surface area contributed by atoms with Gasteiger partial charge in [-0.05, 0) is 70.9 Å². The van der Waals surface area contributed by atoms with Crippen LogP contribution in [0.2, 0.25) is 5.02 Å². The molecule has 3 rings (SSSR count). The number of benzene rings is 2. The molecule has 0 N–H and O–H groups in total. The minimum atomic E-state index is -2.02. The van der Waals surface area contributed by atoms with Crippen molar-refractivity contribution >= 4 is 42.2 Å². The molecule has 0 saturated carbocycles. The summed E-state index contributed by atoms with van der Waals surface area (Å²) in [7, 11) is 2.22. The molecule has 0 bridgehead atoms. The first-order valence-corrected chi connectivity index (χ1v) is 11.7. The number of para-hydroxylation sites is 1. The molecular formula is C22H29Cl2N4P. The maximum Gasteiger partial charge on any atom is 0.0704 e. The highest BCUT2D eigenvalue weighted by Gasteiger charge is 2.30. The number of hydrogen-bond acceptors (Lipinski definition) is 2. The summed E-state index contributed by atoms with van der Waals surface area (Å²) in [6.07, 6.45) is 0.924. The molecule has 29 heavy (non-hydrogen) atoms. The summed E-state index contributed by atoms with van der Waals surface area (Å²) in [5.41, 5.74) is 5.24. The van der Waals surface area contributed by atoms with E-state index in [2.05, 4.69) is 57.7 Å². The largest absolute Gasteiger partial charge is 0.272 e. The van der Waals surface area contributed by atoms with Gasteiger partial charge in [-0.2, -0.15) is 5.10 Å². The first-order valence-electron chi connectivity index (χ1n) is 9.47. The fourth-order valence-electron chi connectivity index (χ4n) is 3.66. The van der Waals surface area contributed by atoms with Gasteiger partial charge in [-0.1, -0.05) is 42.8 Å². The van der Waals surface area contributed by atoms with Crippen molar-refractivity contribution in [1.29, 1.82) is 0 Å². The van der Waals surface area contributed by atoms with E-state index in [0.29, 0.717) is 0 Å². The van der Waals surface area contributed by atoms with Gasteiger partial charge < -0.3 is 0 Å². The fraction of sp³-hybridized carbons (Fsp3) is 0.318. The zero-order chi connectivity index (χ0) is 20.5. The lowest BCUT2D eigenvalue weighted by atomic mass is 10.2. The molecule has 0 aliphatic carbocycles. The molecule has 0 radical (unpaired) electrons. The Morgan fingerprint density at radius 2 is 1.72 bits per heavy atom. The molecule has 0 aliphatic heterocycles. The average Bonchev–Trinajstić information content (AvgIpc) is 2.98. The minimum Gasteiger partial charge on any atom is -0.272 e. The minimum absolute atomic E-state index is 0. The number of rotatable bonds is 5. The van der Waals surface area contributed by atoms with E-state index in [0.717, 1.165) is 39.5 Å². The van der Waals surface area contributed by atoms with Crippen molar-refractivity contribution in [2.75, 3.05) is 20.3 Å². The summed E-state index contributed by atoms with van der Waals surface area (Å²) >= 11 is 6.38. The molecule has 1 heterocycles. The Morgan fingerprint density at radius 1 is 1.07 bits per heavy atom. The summed E-state index contributed by atoms with van der Waals surface area (Å²) in [5.74, 6) is 0. The third kappa shape index (κ3) is 4.46. The smallest absolute Gasteiger partial charge is 0.0704 e. The molecule has 0 amide bonds. The van der Waals surface area contributed by atoms with Crippen LogP contribution >= 0.6 is 31.2 Å². The molecule has 0 aliphatic rings. The van der Waals surface area contributed by atoms with E-state index >= 15 is 0 Å². The highest BCUT2D eigenvalue weighted by atomic mass is 35.5. The number of aromatic nitrogens is 2. The van der Waals surface area contributed by atoms with Gasteiger partial charge in [0.05, 0.1) is 35.3 Å². The zero-order valence-corrected chi connectivity index (χ0v) is 20.3. The summed E-state index contributed by atoms with van der Waals surface area (Å²) in [4.78, 5) is 0. The van der Waals surface area contributed by atoms with Crippen LogP contribution in [0.3, 0.4) is 0 Å². The number of aryl methyl sites for hydroxylation is 2. The van der Waals surface area contributed by atoms with Crippen LogP contribution in [0.1, 0.15) is 23.9 Å². The van der Waals surface area contributed by atoms with E-state index in [9.17, 15) is 0 Å². The quantitative estimate of drug-likeness (QED) is 0.414. The Kier molecular flexibility index (Phi) is 7.75. The molecule has 0 saturated heterocycles. The van der Waals surface area contributed by atoms with Gasteiger partial charge in [-0.15, -0.1) is 12.4 Å². The van der Waals surface area contributed by atoms with Gasteiger partial charge in [0.25, 0.3) is 0 Å². The van der Waals surface area contributed by atoms with Crippen molar-refractivity contribution in [3.8, 4) is 5.69 Å². The molecule has 3 aromatic rings. The van der Waals surface area contributed by atoms with Crippen LogP contribution < -0.4 is 5.30 Å². The number of halogens is 2. The van der Waals surface area contributed by atoms with Gasteiger partial charge in [0, 0.05) is 5.02 Å². The fourth-order valence-corrected chi connectivity index (χ4v) is 7.22. The Bertz CT molecular complexity index is 1040. The molecule has 1 aromatic heterocycles. The molecule has 0 spiro atoms. The molecule has 156 valence electrons. The van der Waals surface area contributed by atoms with E-state index in [1.165, 1.54) is 5.30 Å². The van der Waals surface area contributed by atoms with Gasteiger partial charge in [0.15, 0.2) is 0 Å². The van der Waals surface area contributed by atoms with Crippen molar-refractivity contribution in [2.45, 2.75) is 27.7 Å². The van der Waals surface area contributed by atoms with Crippen LogP contribution in [-0.4, -0.2) is 34.7 Å². The van der Waals surface area contributed by atoms with Gasteiger partial charge in [-0.3, -0.25) is 4.67 Å². The predicted octanol–water partition coefficient (Wildman–Crippen LogP) is 6.53. The van der Waals surface area contributed by atoms with E-state index < -0.39 is 7.21 Å². The number of nitrogens with zero attached hydrogens (tertiary/aromatic N) is 4. The number of hydrogen-bond donors (Lipinski definition) is 0. The standard InChI is InChI=1S/C22H28ClN4P.ClH/c1-7-28(26(5)6,25-19-14-13-16(2)21(23)15-19)22-17(3)24-27(18(22)4)20-11-9-8-10-12-20;/h8-15H,7H2,1-6H3;1H. The average molecular weight is 451 g/mol. The van der Waals surface area contributed by atoms with Crippen LogP contribution in [0.15, 0.2) is 53.3 Å². The summed E-state index contributed by atoms with van der Waals surface area (Å²) in [5, 5.41) is 6.88. The normalized spacial score (nSPS) is 13.1. The Balaban J connectivity index is 0.00000300. The molecule has 1 atom stereocenters. The lowest BCUT2D eigenvalue weighted by Gasteiger charge is -2.31. The topological polar surface area (TPSA) is 33.4 Å². The van der Waals surface area contributed by atoms with Crippen LogP contribution in [0.4, 0.5) is 5.69 Å². The Labute approximate surface area is 185 Å². The molecule has 4 nitrogen and oxygen atoms in total. The van der Waals surface area contributed by atoms with Gasteiger partial charge >= 0.3 is 0 Å². The molecular weight excluding hydrogens is 422 g/mol. The van der Waals surface area contributed by atoms with Gasteiger partial charge in [0.1, 0.15) is 0 Å². The first-order chi connectivity index (χ1) is 13.3. The Morgan fingerprint density at radius 3 is 2.28 bits per heavy atom. The van der Waals surface area contributed by atoms with Crippen molar-refractivity contribution in [3.05, 3.63) is 70.5 Å². The van der Waals surface area contributed by atoms with Gasteiger partial charge in [-0.25, -0.2) is 9.43 Å². The lowest BCUT2D eigenvalue weighted by Crippen LogP contribution is -2.23. The van der Waals surface area contributed by atoms with E-state index in [1.807, 2.05) is 41.9 Å². The molecule has 2 aromatic carbocycles. The van der Waals surface area contributed by atoms with Crippen molar-refractivity contribution in [2.24, 2.45) is 4.74 Å². The van der Waals surface area contributed by atoms with E-state index in [-0.39, 0.29) is 12.4 Å². The highest BCUT2D eigenvalue weighted by molar-refractivity contribution is 7.71. The highest BCUT2D eigenvalue weighted by Crippen LogP contribution is 2.54. The van der Waals surface area contributed by atoms with Crippen LogP contribution in [0.5, 0.6) is 0 Å². The first kappa shape index (κ1) is 23.7. The summed E-state index contributed by atoms with van der Waals surface area (Å²) < 4.78 is 9.63. The van der Waals surface area contributed by atoms with Crippen molar-refractivity contribution in [1.82, 2.24) is 14.5 Å². The zero-order valence-electron chi connectivity index (χ0n) is 17.8. The van der Waals surface area contributed by atoms with Gasteiger partial charge in [0.2, 0.25) is 0 Å². The van der Waals surface area contributed by atoms with Crippen LogP contribution in [-0.2, 0) is 0 Å². The van der Waals surface area contributed by atoms with Crippen LogP contribution in [0.25, 0.3) is 5.69 Å². The predicted molar refractivity (Wildman–Crippen MR) is 129 cm³/mol. The maximum atomic E-state index is 6.38.